The number of pyridine rings is 1. The molecule has 1 aromatic rings. The molecule has 1 fully saturated rings. The van der Waals surface area contributed by atoms with Gasteiger partial charge in [-0.15, -0.1) is 0 Å². The van der Waals surface area contributed by atoms with Gasteiger partial charge >= 0.3 is 0 Å². The van der Waals surface area contributed by atoms with E-state index in [1.54, 1.807) is 6.07 Å². The van der Waals surface area contributed by atoms with Gasteiger partial charge in [0.15, 0.2) is 0 Å². The number of nitrogens with zero attached hydrogens (tertiary/aromatic N) is 1. The number of hydrogen-bond acceptors (Lipinski definition) is 3. The molecule has 2 rings (SSSR count). The van der Waals surface area contributed by atoms with Gasteiger partial charge in [-0.2, -0.15) is 11.8 Å². The van der Waals surface area contributed by atoms with Gasteiger partial charge in [0.25, 0.3) is 5.91 Å². The van der Waals surface area contributed by atoms with Crippen LogP contribution in [-0.2, 0) is 0 Å². The Labute approximate surface area is 121 Å². The first-order valence-electron chi connectivity index (χ1n) is 5.87. The van der Waals surface area contributed by atoms with Crippen molar-refractivity contribution >= 4 is 40.9 Å². The van der Waals surface area contributed by atoms with Crippen LogP contribution in [0.25, 0.3) is 0 Å². The summed E-state index contributed by atoms with van der Waals surface area (Å²) < 4.78 is 0. The first-order valence-corrected chi connectivity index (χ1v) is 7.68. The molecule has 18 heavy (non-hydrogen) atoms. The molecule has 0 aliphatic carbocycles. The van der Waals surface area contributed by atoms with Gasteiger partial charge in [-0.3, -0.25) is 4.79 Å². The van der Waals surface area contributed by atoms with E-state index in [-0.39, 0.29) is 11.1 Å². The molecule has 1 amide bonds. The number of nitrogens with one attached hydrogen (secondary N) is 1. The van der Waals surface area contributed by atoms with Crippen molar-refractivity contribution in [3.63, 3.8) is 0 Å². The van der Waals surface area contributed by atoms with E-state index >= 15 is 0 Å². The highest BCUT2D eigenvalue weighted by Gasteiger charge is 2.15. The molecule has 1 unspecified atom stereocenters. The standard InChI is InChI=1S/C12H14Cl2N2OS/c13-10-5-8(6-15-11(10)14)12(17)16-7-9-3-1-2-4-18-9/h5-6,9H,1-4,7H2,(H,16,17). The van der Waals surface area contributed by atoms with Crippen molar-refractivity contribution in [1.82, 2.24) is 10.3 Å². The van der Waals surface area contributed by atoms with Crippen LogP contribution in [-0.4, -0.2) is 28.4 Å². The summed E-state index contributed by atoms with van der Waals surface area (Å²) in [7, 11) is 0. The molecule has 1 atom stereocenters. The smallest absolute Gasteiger partial charge is 0.252 e. The van der Waals surface area contributed by atoms with Crippen LogP contribution in [0, 0.1) is 0 Å². The number of rotatable bonds is 3. The second-order valence-electron chi connectivity index (χ2n) is 4.20. The van der Waals surface area contributed by atoms with Crippen LogP contribution in [0.3, 0.4) is 0 Å². The Hall–Kier alpha value is -0.450. The molecule has 1 aliphatic rings. The van der Waals surface area contributed by atoms with Crippen LogP contribution < -0.4 is 5.32 Å². The van der Waals surface area contributed by atoms with Crippen molar-refractivity contribution in [1.29, 1.82) is 0 Å². The summed E-state index contributed by atoms with van der Waals surface area (Å²) >= 11 is 13.5. The van der Waals surface area contributed by atoms with Gasteiger partial charge in [0.05, 0.1) is 10.6 Å². The predicted molar refractivity (Wildman–Crippen MR) is 76.7 cm³/mol. The molecular formula is C12H14Cl2N2OS. The van der Waals surface area contributed by atoms with E-state index in [0.29, 0.717) is 22.4 Å². The number of hydrogen-bond donors (Lipinski definition) is 1. The van der Waals surface area contributed by atoms with Gasteiger partial charge in [-0.25, -0.2) is 4.98 Å². The number of carbonyl (C=O) groups excluding carboxylic acids is 1. The van der Waals surface area contributed by atoms with Gasteiger partial charge < -0.3 is 5.32 Å². The van der Waals surface area contributed by atoms with E-state index in [0.717, 1.165) is 0 Å². The van der Waals surface area contributed by atoms with Crippen LogP contribution in [0.2, 0.25) is 10.2 Å². The highest BCUT2D eigenvalue weighted by molar-refractivity contribution is 7.99. The van der Waals surface area contributed by atoms with E-state index in [1.165, 1.54) is 31.2 Å². The molecule has 0 bridgehead atoms. The fourth-order valence-electron chi connectivity index (χ4n) is 1.82. The zero-order valence-electron chi connectivity index (χ0n) is 9.79. The molecule has 0 aromatic carbocycles. The van der Waals surface area contributed by atoms with Crippen LogP contribution in [0.1, 0.15) is 29.6 Å². The van der Waals surface area contributed by atoms with Crippen molar-refractivity contribution in [3.05, 3.63) is 28.0 Å². The first-order chi connectivity index (χ1) is 8.66. The Morgan fingerprint density at radius 3 is 3.00 bits per heavy atom. The Kier molecular flexibility index (Phi) is 5.15. The average Bonchev–Trinajstić information content (AvgIpc) is 2.40. The second kappa shape index (κ2) is 6.64. The fourth-order valence-corrected chi connectivity index (χ4v) is 3.33. The molecule has 0 spiro atoms. The maximum atomic E-state index is 11.9. The average molecular weight is 305 g/mol. The summed E-state index contributed by atoms with van der Waals surface area (Å²) in [5, 5.41) is 3.96. The largest absolute Gasteiger partial charge is 0.351 e. The summed E-state index contributed by atoms with van der Waals surface area (Å²) in [6.45, 7) is 0.698. The lowest BCUT2D eigenvalue weighted by atomic mass is 10.2. The van der Waals surface area contributed by atoms with E-state index in [4.69, 9.17) is 23.2 Å². The highest BCUT2D eigenvalue weighted by Crippen LogP contribution is 2.24. The van der Waals surface area contributed by atoms with Gasteiger partial charge in [0.2, 0.25) is 0 Å². The summed E-state index contributed by atoms with van der Waals surface area (Å²) in [5.41, 5.74) is 0.449. The molecule has 1 aromatic heterocycles. The molecule has 1 N–H and O–H groups in total. The minimum atomic E-state index is -0.146. The van der Waals surface area contributed by atoms with Crippen molar-refractivity contribution in [2.45, 2.75) is 24.5 Å². The normalized spacial score (nSPS) is 19.6. The minimum absolute atomic E-state index is 0.146. The Morgan fingerprint density at radius 1 is 1.50 bits per heavy atom. The first kappa shape index (κ1) is 14.0. The highest BCUT2D eigenvalue weighted by atomic mass is 35.5. The van der Waals surface area contributed by atoms with E-state index in [2.05, 4.69) is 10.3 Å². The lowest BCUT2D eigenvalue weighted by Gasteiger charge is -2.21. The van der Waals surface area contributed by atoms with Gasteiger partial charge in [0, 0.05) is 18.0 Å². The van der Waals surface area contributed by atoms with Crippen molar-refractivity contribution < 1.29 is 4.79 Å². The number of carbonyl (C=O) groups is 1. The zero-order valence-corrected chi connectivity index (χ0v) is 12.1. The van der Waals surface area contributed by atoms with Gasteiger partial charge in [-0.1, -0.05) is 29.6 Å². The molecule has 2 heterocycles. The predicted octanol–water partition coefficient (Wildman–Crippen LogP) is 3.40. The molecule has 98 valence electrons. The summed E-state index contributed by atoms with van der Waals surface area (Å²) in [4.78, 5) is 15.8. The van der Waals surface area contributed by atoms with Crippen LogP contribution in [0.15, 0.2) is 12.3 Å². The van der Waals surface area contributed by atoms with E-state index in [1.807, 2.05) is 11.8 Å². The molecule has 1 saturated heterocycles. The maximum Gasteiger partial charge on any atom is 0.252 e. The number of amides is 1. The Balaban J connectivity index is 1.88. The third kappa shape index (κ3) is 3.77. The van der Waals surface area contributed by atoms with Crippen LogP contribution in [0.4, 0.5) is 0 Å². The minimum Gasteiger partial charge on any atom is -0.351 e. The summed E-state index contributed by atoms with van der Waals surface area (Å²) in [5.74, 6) is 1.04. The SMILES string of the molecule is O=C(NCC1CCCCS1)c1cnc(Cl)c(Cl)c1. The van der Waals surface area contributed by atoms with Crippen molar-refractivity contribution in [2.24, 2.45) is 0 Å². The van der Waals surface area contributed by atoms with Crippen molar-refractivity contribution in [3.8, 4) is 0 Å². The molecular weight excluding hydrogens is 291 g/mol. The van der Waals surface area contributed by atoms with Crippen LogP contribution in [0.5, 0.6) is 0 Å². The van der Waals surface area contributed by atoms with Gasteiger partial charge in [0.1, 0.15) is 5.15 Å². The second-order valence-corrected chi connectivity index (χ2v) is 6.37. The monoisotopic (exact) mass is 304 g/mol. The maximum absolute atomic E-state index is 11.9. The number of aromatic nitrogens is 1. The van der Waals surface area contributed by atoms with E-state index < -0.39 is 0 Å². The van der Waals surface area contributed by atoms with Crippen molar-refractivity contribution in [2.75, 3.05) is 12.3 Å². The summed E-state index contributed by atoms with van der Waals surface area (Å²) in [6, 6.07) is 1.54. The molecule has 0 radical (unpaired) electrons. The van der Waals surface area contributed by atoms with Gasteiger partial charge in [-0.05, 0) is 24.7 Å². The summed E-state index contributed by atoms with van der Waals surface area (Å²) in [6.07, 6.45) is 5.15. The number of halogens is 2. The lowest BCUT2D eigenvalue weighted by molar-refractivity contribution is 0.0953. The quantitative estimate of drug-likeness (QED) is 0.870. The third-order valence-electron chi connectivity index (χ3n) is 2.82. The molecule has 1 aliphatic heterocycles. The molecule has 0 saturated carbocycles. The molecule has 6 heteroatoms. The lowest BCUT2D eigenvalue weighted by Crippen LogP contribution is -2.31. The fraction of sp³-hybridized carbons (Fsp3) is 0.500. The third-order valence-corrected chi connectivity index (χ3v) is 4.91. The van der Waals surface area contributed by atoms with Crippen LogP contribution >= 0.6 is 35.0 Å². The topological polar surface area (TPSA) is 42.0 Å². The Bertz CT molecular complexity index is 436. The van der Waals surface area contributed by atoms with E-state index in [9.17, 15) is 4.79 Å². The molecule has 3 nitrogen and oxygen atoms in total. The Morgan fingerprint density at radius 2 is 2.33 bits per heavy atom. The zero-order chi connectivity index (χ0) is 13.0. The number of thioether (sulfide) groups is 1.